The highest BCUT2D eigenvalue weighted by molar-refractivity contribution is 5.68. The molecule has 0 aromatic heterocycles. The Bertz CT molecular complexity index is 455. The normalized spacial score (nSPS) is 33.8. The third-order valence-electron chi connectivity index (χ3n) is 5.46. The minimum Gasteiger partial charge on any atom is -0.444 e. The van der Waals surface area contributed by atoms with Crippen LogP contribution >= 0.6 is 0 Å². The van der Waals surface area contributed by atoms with Gasteiger partial charge in [0.15, 0.2) is 0 Å². The van der Waals surface area contributed by atoms with Crippen molar-refractivity contribution >= 4 is 6.09 Å². The Balaban J connectivity index is 1.41. The number of likely N-dealkylation sites (tertiary alicyclic amines) is 1. The first-order chi connectivity index (χ1) is 10.9. The summed E-state index contributed by atoms with van der Waals surface area (Å²) in [5.41, 5.74) is -0.406. The second-order valence-electron chi connectivity index (χ2n) is 8.54. The molecule has 0 aromatic carbocycles. The van der Waals surface area contributed by atoms with Crippen LogP contribution in [0.1, 0.15) is 52.9 Å². The van der Waals surface area contributed by atoms with E-state index in [1.54, 1.807) is 0 Å². The van der Waals surface area contributed by atoms with Crippen LogP contribution in [0.3, 0.4) is 0 Å². The van der Waals surface area contributed by atoms with Crippen LogP contribution in [0.2, 0.25) is 0 Å². The molecule has 4 unspecified atom stereocenters. The molecule has 1 N–H and O–H groups in total. The number of carbonyl (C=O) groups excluding carboxylic acids is 1. The number of fused-ring (bicyclic) bond motifs is 2. The first-order valence-electron chi connectivity index (χ1n) is 9.30. The number of carbonyl (C=O) groups is 1. The first-order valence-corrected chi connectivity index (χ1v) is 9.30. The van der Waals surface area contributed by atoms with Gasteiger partial charge in [0.25, 0.3) is 0 Å². The lowest BCUT2D eigenvalue weighted by molar-refractivity contribution is 0.0256. The average Bonchev–Trinajstić information content (AvgIpc) is 2.99. The standard InChI is InChI=1S/C19H32N2O2/c1-19(2,3)23-18(22)21-9-4-5-17(8-10-21)20-13-16-12-14-6-7-15(16)11-14/h6-7,14-17,20H,4-5,8-13H2,1-3H3. The summed E-state index contributed by atoms with van der Waals surface area (Å²) in [5.74, 6) is 2.50. The Morgan fingerprint density at radius 3 is 2.70 bits per heavy atom. The Morgan fingerprint density at radius 2 is 2.04 bits per heavy atom. The van der Waals surface area contributed by atoms with E-state index in [1.807, 2.05) is 25.7 Å². The van der Waals surface area contributed by atoms with E-state index < -0.39 is 5.60 Å². The smallest absolute Gasteiger partial charge is 0.410 e. The molecule has 3 rings (SSSR count). The molecule has 1 saturated carbocycles. The molecule has 4 heteroatoms. The van der Waals surface area contributed by atoms with Gasteiger partial charge in [-0.15, -0.1) is 0 Å². The summed E-state index contributed by atoms with van der Waals surface area (Å²) in [7, 11) is 0. The van der Waals surface area contributed by atoms with Crippen molar-refractivity contribution in [3.05, 3.63) is 12.2 Å². The van der Waals surface area contributed by atoms with Crippen molar-refractivity contribution in [1.82, 2.24) is 10.2 Å². The molecule has 2 aliphatic carbocycles. The van der Waals surface area contributed by atoms with Crippen molar-refractivity contribution in [3.8, 4) is 0 Å². The van der Waals surface area contributed by atoms with E-state index >= 15 is 0 Å². The van der Waals surface area contributed by atoms with E-state index in [0.717, 1.165) is 56.7 Å². The van der Waals surface area contributed by atoms with Gasteiger partial charge < -0.3 is 15.0 Å². The van der Waals surface area contributed by atoms with Crippen LogP contribution in [0.15, 0.2) is 12.2 Å². The Labute approximate surface area is 140 Å². The fourth-order valence-corrected chi connectivity index (χ4v) is 4.26. The maximum absolute atomic E-state index is 12.2. The third kappa shape index (κ3) is 4.50. The first kappa shape index (κ1) is 16.8. The van der Waals surface area contributed by atoms with Gasteiger partial charge in [-0.1, -0.05) is 12.2 Å². The van der Waals surface area contributed by atoms with Crippen LogP contribution in [-0.4, -0.2) is 42.3 Å². The largest absolute Gasteiger partial charge is 0.444 e. The van der Waals surface area contributed by atoms with E-state index in [-0.39, 0.29) is 6.09 Å². The van der Waals surface area contributed by atoms with Crippen LogP contribution in [0.5, 0.6) is 0 Å². The second-order valence-corrected chi connectivity index (χ2v) is 8.54. The van der Waals surface area contributed by atoms with Gasteiger partial charge in [0.2, 0.25) is 0 Å². The molecular weight excluding hydrogens is 288 g/mol. The van der Waals surface area contributed by atoms with Gasteiger partial charge in [0, 0.05) is 19.1 Å². The summed E-state index contributed by atoms with van der Waals surface area (Å²) in [6, 6.07) is 0.547. The number of ether oxygens (including phenoxy) is 1. The van der Waals surface area contributed by atoms with Crippen molar-refractivity contribution in [2.45, 2.75) is 64.5 Å². The minimum absolute atomic E-state index is 0.156. The van der Waals surface area contributed by atoms with Crippen molar-refractivity contribution in [1.29, 1.82) is 0 Å². The Kier molecular flexibility index (Phi) is 5.00. The molecule has 1 amide bonds. The van der Waals surface area contributed by atoms with E-state index in [2.05, 4.69) is 17.5 Å². The highest BCUT2D eigenvalue weighted by atomic mass is 16.6. The summed E-state index contributed by atoms with van der Waals surface area (Å²) in [4.78, 5) is 14.1. The number of nitrogens with zero attached hydrogens (tertiary/aromatic N) is 1. The molecule has 1 saturated heterocycles. The second kappa shape index (κ2) is 6.84. The third-order valence-corrected chi connectivity index (χ3v) is 5.46. The van der Waals surface area contributed by atoms with Gasteiger partial charge in [0.05, 0.1) is 0 Å². The Hall–Kier alpha value is -1.03. The molecule has 0 radical (unpaired) electrons. The van der Waals surface area contributed by atoms with Gasteiger partial charge in [-0.25, -0.2) is 4.79 Å². The maximum Gasteiger partial charge on any atom is 0.410 e. The van der Waals surface area contributed by atoms with Crippen LogP contribution in [0, 0.1) is 17.8 Å². The van der Waals surface area contributed by atoms with Crippen LogP contribution in [0.25, 0.3) is 0 Å². The number of amides is 1. The molecule has 130 valence electrons. The van der Waals surface area contributed by atoms with Gasteiger partial charge in [0.1, 0.15) is 5.60 Å². The zero-order valence-electron chi connectivity index (χ0n) is 14.9. The number of nitrogens with one attached hydrogen (secondary N) is 1. The van der Waals surface area contributed by atoms with Crippen LogP contribution in [0.4, 0.5) is 4.79 Å². The zero-order chi connectivity index (χ0) is 16.4. The number of hydrogen-bond donors (Lipinski definition) is 1. The lowest BCUT2D eigenvalue weighted by Gasteiger charge is -2.26. The highest BCUT2D eigenvalue weighted by Crippen LogP contribution is 2.43. The van der Waals surface area contributed by atoms with Crippen LogP contribution < -0.4 is 5.32 Å². The molecule has 4 atom stereocenters. The van der Waals surface area contributed by atoms with E-state index in [9.17, 15) is 4.79 Å². The Morgan fingerprint density at radius 1 is 1.22 bits per heavy atom. The number of allylic oxidation sites excluding steroid dienone is 2. The zero-order valence-corrected chi connectivity index (χ0v) is 14.9. The summed E-state index contributed by atoms with van der Waals surface area (Å²) < 4.78 is 5.50. The van der Waals surface area contributed by atoms with Gasteiger partial charge in [-0.2, -0.15) is 0 Å². The fraction of sp³-hybridized carbons (Fsp3) is 0.842. The predicted molar refractivity (Wildman–Crippen MR) is 92.3 cm³/mol. The summed E-state index contributed by atoms with van der Waals surface area (Å²) in [6.45, 7) is 8.56. The van der Waals surface area contributed by atoms with Gasteiger partial charge in [-0.05, 0) is 77.2 Å². The van der Waals surface area contributed by atoms with Crippen molar-refractivity contribution in [2.75, 3.05) is 19.6 Å². The number of hydrogen-bond acceptors (Lipinski definition) is 3. The van der Waals surface area contributed by atoms with E-state index in [1.165, 1.54) is 12.8 Å². The lowest BCUT2D eigenvalue weighted by atomic mass is 9.93. The topological polar surface area (TPSA) is 41.6 Å². The van der Waals surface area contributed by atoms with Crippen molar-refractivity contribution in [2.24, 2.45) is 17.8 Å². The molecule has 4 nitrogen and oxygen atoms in total. The molecule has 2 fully saturated rings. The molecule has 0 aromatic rings. The van der Waals surface area contributed by atoms with Gasteiger partial charge in [-0.3, -0.25) is 0 Å². The molecule has 1 heterocycles. The predicted octanol–water partition coefficient (Wildman–Crippen LogP) is 3.58. The summed E-state index contributed by atoms with van der Waals surface area (Å²) >= 11 is 0. The average molecular weight is 320 g/mol. The quantitative estimate of drug-likeness (QED) is 0.808. The molecule has 2 bridgehead atoms. The fourth-order valence-electron chi connectivity index (χ4n) is 4.26. The monoisotopic (exact) mass is 320 g/mol. The minimum atomic E-state index is -0.406. The molecule has 0 spiro atoms. The lowest BCUT2D eigenvalue weighted by Crippen LogP contribution is -2.38. The molecule has 3 aliphatic rings. The SMILES string of the molecule is CC(C)(C)OC(=O)N1CCCC(NCC2CC3C=CC2C3)CC1. The van der Waals surface area contributed by atoms with Crippen molar-refractivity contribution in [3.63, 3.8) is 0 Å². The highest BCUT2D eigenvalue weighted by Gasteiger charge is 2.35. The summed E-state index contributed by atoms with van der Waals surface area (Å²) in [5, 5.41) is 3.78. The summed E-state index contributed by atoms with van der Waals surface area (Å²) in [6.07, 6.45) is 10.7. The van der Waals surface area contributed by atoms with Gasteiger partial charge >= 0.3 is 6.09 Å². The van der Waals surface area contributed by atoms with E-state index in [4.69, 9.17) is 4.74 Å². The van der Waals surface area contributed by atoms with Crippen molar-refractivity contribution < 1.29 is 9.53 Å². The molecule has 23 heavy (non-hydrogen) atoms. The van der Waals surface area contributed by atoms with Crippen LogP contribution in [-0.2, 0) is 4.74 Å². The number of rotatable bonds is 3. The molecule has 1 aliphatic heterocycles. The van der Waals surface area contributed by atoms with E-state index in [0.29, 0.717) is 6.04 Å². The maximum atomic E-state index is 12.2. The molecular formula is C19H32N2O2.